The van der Waals surface area contributed by atoms with Crippen molar-refractivity contribution in [3.63, 3.8) is 0 Å². The van der Waals surface area contributed by atoms with Crippen LogP contribution in [0.1, 0.15) is 55.6 Å². The molecule has 0 amide bonds. The van der Waals surface area contributed by atoms with Crippen LogP contribution in [0.4, 0.5) is 0 Å². The van der Waals surface area contributed by atoms with Crippen molar-refractivity contribution in [2.24, 2.45) is 0 Å². The molecule has 2 aromatic carbocycles. The molecule has 0 N–H and O–H groups in total. The van der Waals surface area contributed by atoms with Gasteiger partial charge in [0.05, 0.1) is 0 Å². The van der Waals surface area contributed by atoms with Gasteiger partial charge in [-0.1, -0.05) is 48.5 Å². The zero-order valence-electron chi connectivity index (χ0n) is 18.5. The van der Waals surface area contributed by atoms with Gasteiger partial charge in [0.25, 0.3) is 5.79 Å². The summed E-state index contributed by atoms with van der Waals surface area (Å²) in [4.78, 5) is 38.9. The molecule has 2 aromatic rings. The standard InChI is InChI=1S/C25H27NO6/c1-17(27)30-24(3)16-26(14-13-22(29)19-9-5-4-6-10-19)21-15-25(24,31-18(2)28)32-23-12-8-7-11-20(21)23/h4-12,21H,13-16H2,1-3H3. The van der Waals surface area contributed by atoms with Crippen LogP contribution in [0.3, 0.4) is 0 Å². The number of ketones is 1. The second kappa shape index (κ2) is 8.39. The largest absolute Gasteiger partial charge is 0.450 e. The molecule has 1 saturated heterocycles. The lowest BCUT2D eigenvalue weighted by molar-refractivity contribution is -0.305. The number of para-hydroxylation sites is 1. The van der Waals surface area contributed by atoms with Gasteiger partial charge >= 0.3 is 11.9 Å². The molecular weight excluding hydrogens is 410 g/mol. The van der Waals surface area contributed by atoms with Crippen LogP contribution in [0.15, 0.2) is 54.6 Å². The lowest BCUT2D eigenvalue weighted by atomic mass is 9.78. The van der Waals surface area contributed by atoms with E-state index in [1.165, 1.54) is 13.8 Å². The Morgan fingerprint density at radius 1 is 1.00 bits per heavy atom. The van der Waals surface area contributed by atoms with Crippen molar-refractivity contribution >= 4 is 17.7 Å². The van der Waals surface area contributed by atoms with Crippen molar-refractivity contribution in [2.75, 3.05) is 13.1 Å². The van der Waals surface area contributed by atoms with E-state index in [0.717, 1.165) is 5.56 Å². The summed E-state index contributed by atoms with van der Waals surface area (Å²) in [7, 11) is 0. The first-order valence-corrected chi connectivity index (χ1v) is 10.7. The van der Waals surface area contributed by atoms with Crippen LogP contribution in [-0.4, -0.2) is 47.1 Å². The number of piperidine rings is 1. The molecule has 4 rings (SSSR count). The SMILES string of the molecule is CC(=O)OC1(C)CN(CCC(=O)c2ccccc2)C2CC1(OC(C)=O)Oc1ccccc12. The molecule has 3 atom stereocenters. The van der Waals surface area contributed by atoms with Crippen LogP contribution < -0.4 is 4.74 Å². The number of esters is 2. The van der Waals surface area contributed by atoms with Gasteiger partial charge in [-0.25, -0.2) is 0 Å². The third-order valence-electron chi connectivity index (χ3n) is 6.17. The summed E-state index contributed by atoms with van der Waals surface area (Å²) < 4.78 is 17.7. The molecule has 2 heterocycles. The molecule has 32 heavy (non-hydrogen) atoms. The Labute approximate surface area is 187 Å². The lowest BCUT2D eigenvalue weighted by Gasteiger charge is -2.57. The van der Waals surface area contributed by atoms with Gasteiger partial charge in [0.2, 0.25) is 0 Å². The summed E-state index contributed by atoms with van der Waals surface area (Å²) in [5.41, 5.74) is 0.353. The first-order valence-electron chi connectivity index (χ1n) is 10.7. The number of Topliss-reactive ketones (excluding diaryl/α,β-unsaturated/α-hetero) is 1. The van der Waals surface area contributed by atoms with E-state index >= 15 is 0 Å². The second-order valence-electron chi connectivity index (χ2n) is 8.54. The van der Waals surface area contributed by atoms with Crippen molar-refractivity contribution in [1.29, 1.82) is 0 Å². The number of rotatable bonds is 6. The summed E-state index contributed by atoms with van der Waals surface area (Å²) >= 11 is 0. The van der Waals surface area contributed by atoms with E-state index in [1.54, 1.807) is 19.1 Å². The minimum absolute atomic E-state index is 0.0388. The highest BCUT2D eigenvalue weighted by molar-refractivity contribution is 5.96. The van der Waals surface area contributed by atoms with E-state index in [9.17, 15) is 14.4 Å². The fraction of sp³-hybridized carbons (Fsp3) is 0.400. The summed E-state index contributed by atoms with van der Waals surface area (Å²) in [5, 5.41) is 0. The van der Waals surface area contributed by atoms with Crippen molar-refractivity contribution in [2.45, 2.75) is 51.0 Å². The maximum atomic E-state index is 12.7. The van der Waals surface area contributed by atoms with Crippen molar-refractivity contribution in [1.82, 2.24) is 4.90 Å². The monoisotopic (exact) mass is 437 g/mol. The average Bonchev–Trinajstić information content (AvgIpc) is 2.74. The van der Waals surface area contributed by atoms with Gasteiger partial charge in [-0.3, -0.25) is 19.3 Å². The van der Waals surface area contributed by atoms with Crippen molar-refractivity contribution in [3.05, 3.63) is 65.7 Å². The number of hydrogen-bond acceptors (Lipinski definition) is 7. The predicted octanol–water partition coefficient (Wildman–Crippen LogP) is 3.68. The Bertz CT molecular complexity index is 1040. The molecular formula is C25H27NO6. The number of likely N-dealkylation sites (tertiary alicyclic amines) is 1. The Kier molecular flexibility index (Phi) is 5.77. The van der Waals surface area contributed by atoms with Gasteiger partial charge in [0.1, 0.15) is 5.75 Å². The van der Waals surface area contributed by atoms with Crippen LogP contribution in [0, 0.1) is 0 Å². The summed E-state index contributed by atoms with van der Waals surface area (Å²) in [6.45, 7) is 5.06. The van der Waals surface area contributed by atoms with E-state index in [1.807, 2.05) is 42.5 Å². The first-order chi connectivity index (χ1) is 15.2. The molecule has 168 valence electrons. The van der Waals surface area contributed by atoms with Gasteiger partial charge in [-0.05, 0) is 13.0 Å². The molecule has 1 fully saturated rings. The quantitative estimate of drug-likeness (QED) is 0.504. The van der Waals surface area contributed by atoms with Gasteiger partial charge in [0.15, 0.2) is 11.4 Å². The van der Waals surface area contributed by atoms with Crippen LogP contribution in [-0.2, 0) is 19.1 Å². The third-order valence-corrected chi connectivity index (χ3v) is 6.17. The number of benzene rings is 2. The molecule has 2 aliphatic rings. The molecule has 0 radical (unpaired) electrons. The van der Waals surface area contributed by atoms with Gasteiger partial charge < -0.3 is 14.2 Å². The molecule has 0 aromatic heterocycles. The smallest absolute Gasteiger partial charge is 0.306 e. The Morgan fingerprint density at radius 3 is 2.34 bits per heavy atom. The topological polar surface area (TPSA) is 82.1 Å². The predicted molar refractivity (Wildman–Crippen MR) is 116 cm³/mol. The van der Waals surface area contributed by atoms with Crippen molar-refractivity contribution < 1.29 is 28.6 Å². The first kappa shape index (κ1) is 22.0. The highest BCUT2D eigenvalue weighted by Gasteiger charge is 2.64. The Morgan fingerprint density at radius 2 is 1.66 bits per heavy atom. The molecule has 7 heteroatoms. The summed E-state index contributed by atoms with van der Waals surface area (Å²) in [5.74, 6) is -1.86. The van der Waals surface area contributed by atoms with E-state index < -0.39 is 23.3 Å². The lowest BCUT2D eigenvalue weighted by Crippen LogP contribution is -2.71. The van der Waals surface area contributed by atoms with E-state index in [0.29, 0.717) is 24.3 Å². The third kappa shape index (κ3) is 4.00. The number of hydrogen-bond donors (Lipinski definition) is 0. The normalized spacial score (nSPS) is 26.4. The molecule has 0 aliphatic carbocycles. The Hall–Kier alpha value is -3.19. The number of carbonyl (C=O) groups is 3. The number of carbonyl (C=O) groups excluding carboxylic acids is 3. The van der Waals surface area contributed by atoms with Gasteiger partial charge in [0, 0.05) is 56.9 Å². The van der Waals surface area contributed by atoms with Crippen molar-refractivity contribution in [3.8, 4) is 5.75 Å². The summed E-state index contributed by atoms with van der Waals surface area (Å²) in [6, 6.07) is 16.6. The fourth-order valence-electron chi connectivity index (χ4n) is 4.78. The minimum atomic E-state index is -1.45. The molecule has 0 saturated carbocycles. The van der Waals surface area contributed by atoms with Crippen LogP contribution in [0.2, 0.25) is 0 Å². The fourth-order valence-corrected chi connectivity index (χ4v) is 4.78. The number of ether oxygens (including phenoxy) is 3. The van der Waals surface area contributed by atoms with E-state index in [-0.39, 0.29) is 24.8 Å². The highest BCUT2D eigenvalue weighted by atomic mass is 16.7. The average molecular weight is 437 g/mol. The highest BCUT2D eigenvalue weighted by Crippen LogP contribution is 2.52. The number of nitrogens with zero attached hydrogens (tertiary/aromatic N) is 1. The molecule has 2 aliphatic heterocycles. The Balaban J connectivity index is 1.69. The molecule has 3 unspecified atom stereocenters. The molecule has 0 spiro atoms. The van der Waals surface area contributed by atoms with Crippen LogP contribution >= 0.6 is 0 Å². The van der Waals surface area contributed by atoms with Crippen LogP contribution in [0.5, 0.6) is 5.75 Å². The zero-order valence-corrected chi connectivity index (χ0v) is 18.5. The summed E-state index contributed by atoms with van der Waals surface area (Å²) in [6.07, 6.45) is 0.590. The van der Waals surface area contributed by atoms with Gasteiger partial charge in [-0.2, -0.15) is 0 Å². The maximum Gasteiger partial charge on any atom is 0.306 e. The van der Waals surface area contributed by atoms with E-state index in [2.05, 4.69) is 4.90 Å². The second-order valence-corrected chi connectivity index (χ2v) is 8.54. The molecule has 7 nitrogen and oxygen atoms in total. The minimum Gasteiger partial charge on any atom is -0.450 e. The molecule has 2 bridgehead atoms. The zero-order chi connectivity index (χ0) is 22.9. The van der Waals surface area contributed by atoms with Gasteiger partial charge in [-0.15, -0.1) is 0 Å². The van der Waals surface area contributed by atoms with E-state index in [4.69, 9.17) is 14.2 Å². The number of fused-ring (bicyclic) bond motifs is 4. The van der Waals surface area contributed by atoms with Crippen LogP contribution in [0.25, 0.3) is 0 Å². The maximum absolute atomic E-state index is 12.7.